The van der Waals surface area contributed by atoms with Crippen LogP contribution in [0, 0.1) is 5.63 Å². The molecule has 0 amide bonds. The van der Waals surface area contributed by atoms with Gasteiger partial charge in [-0.25, -0.2) is 0 Å². The van der Waals surface area contributed by atoms with E-state index in [1.165, 1.54) is 0 Å². The molecule has 0 heterocycles. The van der Waals surface area contributed by atoms with E-state index in [0.29, 0.717) is 6.16 Å². The van der Waals surface area contributed by atoms with Crippen LogP contribution in [0.5, 0.6) is 0 Å². The van der Waals surface area contributed by atoms with Gasteiger partial charge in [-0.1, -0.05) is 0 Å². The number of hydrogen-bond acceptors (Lipinski definition) is 2. The summed E-state index contributed by atoms with van der Waals surface area (Å²) < 4.78 is 26.6. The Morgan fingerprint density at radius 3 is 1.47 bits per heavy atom. The van der Waals surface area contributed by atoms with Gasteiger partial charge in [0.1, 0.15) is 0 Å². The van der Waals surface area contributed by atoms with E-state index in [2.05, 4.69) is 17.8 Å². The van der Waals surface area contributed by atoms with Crippen LogP contribution >= 0.6 is 15.1 Å². The Kier molecular flexibility index (Phi) is 7.31. The summed E-state index contributed by atoms with van der Waals surface area (Å²) in [4.78, 5) is 0. The summed E-state index contributed by atoms with van der Waals surface area (Å²) in [7, 11) is -3.20. The molecule has 0 aliphatic rings. The first-order valence-corrected chi connectivity index (χ1v) is 14.5. The molecule has 0 spiro atoms. The van der Waals surface area contributed by atoms with Gasteiger partial charge in [0.15, 0.2) is 0 Å². The Morgan fingerprint density at radius 2 is 1.00 bits per heavy atom. The first kappa shape index (κ1) is 24.1. The van der Waals surface area contributed by atoms with Crippen molar-refractivity contribution >= 4 is 25.7 Å². The van der Waals surface area contributed by atoms with Crippen LogP contribution in [0.15, 0.2) is 133 Å². The van der Waals surface area contributed by atoms with Crippen molar-refractivity contribution in [2.24, 2.45) is 0 Å². The van der Waals surface area contributed by atoms with Gasteiger partial charge in [-0.05, 0) is 0 Å². The summed E-state index contributed by atoms with van der Waals surface area (Å²) in [5.41, 5.74) is 8.67. The molecular formula is C32H24O2P2. The normalized spacial score (nSPS) is 11.0. The molecule has 0 aliphatic heterocycles. The summed E-state index contributed by atoms with van der Waals surface area (Å²) in [6.07, 6.45) is 0.362. The summed E-state index contributed by atoms with van der Waals surface area (Å²) in [5.74, 6) is 0. The van der Waals surface area contributed by atoms with Crippen molar-refractivity contribution < 1.29 is 9.13 Å². The molecule has 0 radical (unpaired) electrons. The molecule has 0 N–H and O–H groups in total. The fourth-order valence-electron chi connectivity index (χ4n) is 4.67. The van der Waals surface area contributed by atoms with Crippen molar-refractivity contribution in [3.05, 3.63) is 145 Å². The molecule has 5 rings (SSSR count). The molecule has 0 bridgehead atoms. The zero-order valence-corrected chi connectivity index (χ0v) is 21.4. The molecule has 5 aromatic carbocycles. The van der Waals surface area contributed by atoms with Crippen molar-refractivity contribution in [1.82, 2.24) is 0 Å². The van der Waals surface area contributed by atoms with E-state index in [0.717, 1.165) is 44.0 Å². The predicted molar refractivity (Wildman–Crippen MR) is 151 cm³/mol. The van der Waals surface area contributed by atoms with Crippen LogP contribution in [0.25, 0.3) is 22.3 Å². The number of benzene rings is 5. The summed E-state index contributed by atoms with van der Waals surface area (Å²) >= 11 is 0. The van der Waals surface area contributed by atoms with Crippen molar-refractivity contribution in [1.29, 1.82) is 0 Å². The van der Waals surface area contributed by atoms with Gasteiger partial charge >= 0.3 is 213 Å². The van der Waals surface area contributed by atoms with E-state index in [-0.39, 0.29) is 7.92 Å². The van der Waals surface area contributed by atoms with Gasteiger partial charge < -0.3 is 0 Å². The summed E-state index contributed by atoms with van der Waals surface area (Å²) in [6.45, 7) is 0. The van der Waals surface area contributed by atoms with Gasteiger partial charge in [-0.15, -0.1) is 0 Å². The van der Waals surface area contributed by atoms with Gasteiger partial charge in [0.2, 0.25) is 0 Å². The Morgan fingerprint density at radius 1 is 0.556 bits per heavy atom. The molecule has 0 fully saturated rings. The van der Waals surface area contributed by atoms with E-state index < -0.39 is 7.14 Å². The van der Waals surface area contributed by atoms with Crippen molar-refractivity contribution in [3.63, 3.8) is 0 Å². The van der Waals surface area contributed by atoms with Gasteiger partial charge in [-0.3, -0.25) is 0 Å². The van der Waals surface area contributed by atoms with Gasteiger partial charge in [0, 0.05) is 0 Å². The van der Waals surface area contributed by atoms with Crippen LogP contribution < -0.4 is 10.6 Å². The summed E-state index contributed by atoms with van der Waals surface area (Å²) in [6, 6.07) is 43.7. The van der Waals surface area contributed by atoms with Crippen LogP contribution in [-0.4, -0.2) is 0 Å². The molecule has 0 aliphatic carbocycles. The van der Waals surface area contributed by atoms with Crippen LogP contribution in [0.3, 0.4) is 0 Å². The molecule has 4 heteroatoms. The maximum absolute atomic E-state index is 15.0. The van der Waals surface area contributed by atoms with Crippen molar-refractivity contribution in [3.8, 4) is 27.9 Å². The van der Waals surface area contributed by atoms with Gasteiger partial charge in [-0.2, -0.15) is 0 Å². The van der Waals surface area contributed by atoms with Gasteiger partial charge in [0.05, 0.1) is 0 Å². The SMILES string of the molecule is O=P#Cc1ccc(CP(=O)(c2ccccc2)c2ccccc2)c(-c2ccccc2)c1-c1ccccc1. The Balaban J connectivity index is 1.81. The molecule has 0 aromatic heterocycles. The van der Waals surface area contributed by atoms with Crippen LogP contribution in [-0.2, 0) is 15.3 Å². The second-order valence-electron chi connectivity index (χ2n) is 8.53. The molecule has 174 valence electrons. The minimum absolute atomic E-state index is 0.179. The molecule has 36 heavy (non-hydrogen) atoms. The van der Waals surface area contributed by atoms with E-state index in [4.69, 9.17) is 0 Å². The average molecular weight is 502 g/mol. The standard InChI is InChI=1S/C32H24O2P2/c33-35-23-27-21-22-28(24-36(34,29-17-9-3-10-18-29)30-19-11-4-12-20-30)32(26-15-7-2-8-16-26)31(27)25-13-5-1-6-14-25/h1-22H,24H2. The van der Waals surface area contributed by atoms with E-state index in [1.807, 2.05) is 121 Å². The van der Waals surface area contributed by atoms with E-state index in [9.17, 15) is 9.13 Å². The second-order valence-corrected chi connectivity index (χ2v) is 11.8. The Bertz CT molecular complexity index is 1580. The third kappa shape index (κ3) is 4.86. The molecule has 0 saturated heterocycles. The zero-order valence-electron chi connectivity index (χ0n) is 19.6. The van der Waals surface area contributed by atoms with E-state index >= 15 is 0 Å². The number of hydrogen-bond donors (Lipinski definition) is 0. The third-order valence-corrected chi connectivity index (χ3v) is 9.71. The molecular weight excluding hydrogens is 478 g/mol. The predicted octanol–water partition coefficient (Wildman–Crippen LogP) is 8.13. The van der Waals surface area contributed by atoms with Crippen molar-refractivity contribution in [2.45, 2.75) is 6.16 Å². The monoisotopic (exact) mass is 502 g/mol. The van der Waals surface area contributed by atoms with Gasteiger partial charge in [0.25, 0.3) is 0 Å². The molecule has 0 unspecified atom stereocenters. The van der Waals surface area contributed by atoms with Crippen LogP contribution in [0.1, 0.15) is 11.1 Å². The molecule has 0 atom stereocenters. The fraction of sp³-hybridized carbons (Fsp3) is 0.0312. The van der Waals surface area contributed by atoms with Crippen LogP contribution in [0.2, 0.25) is 0 Å². The maximum atomic E-state index is 15.0. The molecule has 2 nitrogen and oxygen atoms in total. The van der Waals surface area contributed by atoms with Crippen molar-refractivity contribution in [2.75, 3.05) is 0 Å². The average Bonchev–Trinajstić information content (AvgIpc) is 2.95. The fourth-order valence-corrected chi connectivity index (χ4v) is 7.67. The number of rotatable bonds is 6. The topological polar surface area (TPSA) is 34.1 Å². The Labute approximate surface area is 213 Å². The minimum atomic E-state index is -3.02. The summed E-state index contributed by atoms with van der Waals surface area (Å²) in [5, 5.41) is 1.66. The first-order valence-electron chi connectivity index (χ1n) is 11.8. The molecule has 0 saturated carbocycles. The van der Waals surface area contributed by atoms with Crippen LogP contribution in [0.4, 0.5) is 0 Å². The van der Waals surface area contributed by atoms with E-state index in [1.54, 1.807) is 0 Å². The Hall–Kier alpha value is -3.66. The molecule has 5 aromatic rings. The third-order valence-electron chi connectivity index (χ3n) is 6.32. The zero-order chi connectivity index (χ0) is 24.8. The second kappa shape index (κ2) is 10.9. The quantitative estimate of drug-likeness (QED) is 0.220. The first-order chi connectivity index (χ1) is 17.7.